The van der Waals surface area contributed by atoms with Gasteiger partial charge in [0.25, 0.3) is 15.9 Å². The van der Waals surface area contributed by atoms with Gasteiger partial charge in [-0.15, -0.1) is 0 Å². The van der Waals surface area contributed by atoms with Gasteiger partial charge in [-0.1, -0.05) is 17.7 Å². The molecule has 1 amide bonds. The Balaban J connectivity index is 1.78. The van der Waals surface area contributed by atoms with Crippen molar-refractivity contribution in [3.05, 3.63) is 83.1 Å². The minimum Gasteiger partial charge on any atom is -0.497 e. The van der Waals surface area contributed by atoms with E-state index in [0.29, 0.717) is 11.4 Å². The number of ether oxygens (including phenoxy) is 1. The maximum Gasteiger partial charge on any atom is 0.263 e. The van der Waals surface area contributed by atoms with E-state index in [1.54, 1.807) is 42.7 Å². The molecule has 150 valence electrons. The average molecular weight is 432 g/mol. The van der Waals surface area contributed by atoms with Gasteiger partial charge in [0.1, 0.15) is 10.6 Å². The minimum absolute atomic E-state index is 0.00909. The van der Waals surface area contributed by atoms with Gasteiger partial charge in [-0.2, -0.15) is 0 Å². The topological polar surface area (TPSA) is 97.4 Å². The predicted octanol–water partition coefficient (Wildman–Crippen LogP) is 3.47. The molecular weight excluding hydrogens is 414 g/mol. The van der Waals surface area contributed by atoms with Gasteiger partial charge in [0.15, 0.2) is 0 Å². The monoisotopic (exact) mass is 431 g/mol. The molecule has 0 aliphatic rings. The summed E-state index contributed by atoms with van der Waals surface area (Å²) in [5.41, 5.74) is 1.34. The lowest BCUT2D eigenvalue weighted by atomic mass is 10.2. The molecule has 0 unspecified atom stereocenters. The number of anilines is 1. The van der Waals surface area contributed by atoms with E-state index in [1.165, 1.54) is 25.3 Å². The quantitative estimate of drug-likeness (QED) is 0.597. The van der Waals surface area contributed by atoms with Crippen LogP contribution in [0.25, 0.3) is 0 Å². The highest BCUT2D eigenvalue weighted by Crippen LogP contribution is 2.26. The normalized spacial score (nSPS) is 11.0. The lowest BCUT2D eigenvalue weighted by molar-refractivity contribution is 0.0950. The van der Waals surface area contributed by atoms with Crippen molar-refractivity contribution in [1.29, 1.82) is 0 Å². The van der Waals surface area contributed by atoms with Crippen molar-refractivity contribution in [2.75, 3.05) is 11.8 Å². The number of rotatable bonds is 7. The smallest absolute Gasteiger partial charge is 0.263 e. The second-order valence-electron chi connectivity index (χ2n) is 6.02. The molecule has 1 heterocycles. The van der Waals surface area contributed by atoms with Crippen molar-refractivity contribution in [1.82, 2.24) is 10.3 Å². The standard InChI is InChI=1S/C20H18ClN3O4S/c1-28-17-7-5-16(6-8-17)24-29(26,27)19-11-15(4-9-18(19)21)20(25)23-13-14-3-2-10-22-12-14/h2-12,24H,13H2,1H3,(H,23,25). The van der Waals surface area contributed by atoms with Crippen LogP contribution in [0.5, 0.6) is 5.75 Å². The molecule has 0 atom stereocenters. The van der Waals surface area contributed by atoms with Crippen molar-refractivity contribution in [2.45, 2.75) is 11.4 Å². The van der Waals surface area contributed by atoms with Gasteiger partial charge < -0.3 is 10.1 Å². The first-order valence-electron chi connectivity index (χ1n) is 8.52. The number of hydrogen-bond donors (Lipinski definition) is 2. The van der Waals surface area contributed by atoms with Crippen LogP contribution in [0.2, 0.25) is 5.02 Å². The Hall–Kier alpha value is -3.10. The maximum atomic E-state index is 12.8. The molecule has 9 heteroatoms. The Morgan fingerprint density at radius 3 is 2.55 bits per heavy atom. The van der Waals surface area contributed by atoms with E-state index in [2.05, 4.69) is 15.0 Å². The minimum atomic E-state index is -4.00. The zero-order valence-electron chi connectivity index (χ0n) is 15.4. The number of sulfonamides is 1. The Kier molecular flexibility index (Phi) is 6.36. The molecular formula is C20H18ClN3O4S. The maximum absolute atomic E-state index is 12.8. The number of nitrogens with zero attached hydrogens (tertiary/aromatic N) is 1. The highest BCUT2D eigenvalue weighted by atomic mass is 35.5. The third-order valence-corrected chi connectivity index (χ3v) is 5.86. The molecule has 2 N–H and O–H groups in total. The number of halogens is 1. The molecule has 2 aromatic carbocycles. The third-order valence-electron chi connectivity index (χ3n) is 4.00. The largest absolute Gasteiger partial charge is 0.497 e. The number of methoxy groups -OCH3 is 1. The second kappa shape index (κ2) is 8.93. The Labute approximate surface area is 173 Å². The molecule has 0 radical (unpaired) electrons. The van der Waals surface area contributed by atoms with Crippen molar-refractivity contribution < 1.29 is 17.9 Å². The molecule has 0 bridgehead atoms. The van der Waals surface area contributed by atoms with E-state index in [1.807, 2.05) is 6.07 Å². The van der Waals surface area contributed by atoms with Gasteiger partial charge in [-0.3, -0.25) is 14.5 Å². The first-order chi connectivity index (χ1) is 13.9. The summed E-state index contributed by atoms with van der Waals surface area (Å²) in [4.78, 5) is 16.2. The first-order valence-corrected chi connectivity index (χ1v) is 10.4. The van der Waals surface area contributed by atoms with Crippen LogP contribution in [0.1, 0.15) is 15.9 Å². The summed E-state index contributed by atoms with van der Waals surface area (Å²) in [6.07, 6.45) is 3.27. The molecule has 3 rings (SSSR count). The first kappa shape index (κ1) is 20.6. The van der Waals surface area contributed by atoms with Gasteiger partial charge in [0.05, 0.1) is 12.1 Å². The van der Waals surface area contributed by atoms with Gasteiger partial charge in [0.2, 0.25) is 0 Å². The highest BCUT2D eigenvalue weighted by Gasteiger charge is 2.20. The summed E-state index contributed by atoms with van der Waals surface area (Å²) in [6.45, 7) is 0.265. The number of nitrogens with one attached hydrogen (secondary N) is 2. The molecule has 7 nitrogen and oxygen atoms in total. The molecule has 0 spiro atoms. The van der Waals surface area contributed by atoms with Crippen LogP contribution < -0.4 is 14.8 Å². The number of hydrogen-bond acceptors (Lipinski definition) is 5. The predicted molar refractivity (Wildman–Crippen MR) is 111 cm³/mol. The third kappa shape index (κ3) is 5.24. The molecule has 0 fully saturated rings. The number of carbonyl (C=O) groups is 1. The fraction of sp³-hybridized carbons (Fsp3) is 0.100. The lowest BCUT2D eigenvalue weighted by Crippen LogP contribution is -2.23. The summed E-state index contributed by atoms with van der Waals surface area (Å²) in [5.74, 6) is 0.171. The van der Waals surface area contributed by atoms with Crippen LogP contribution in [-0.4, -0.2) is 26.4 Å². The Bertz CT molecular complexity index is 1100. The van der Waals surface area contributed by atoms with Gasteiger partial charge in [0, 0.05) is 30.2 Å². The lowest BCUT2D eigenvalue weighted by Gasteiger charge is -2.12. The van der Waals surface area contributed by atoms with Crippen molar-refractivity contribution in [2.24, 2.45) is 0 Å². The van der Waals surface area contributed by atoms with Gasteiger partial charge in [-0.05, 0) is 54.1 Å². The summed E-state index contributed by atoms with van der Waals surface area (Å²) in [6, 6.07) is 14.1. The number of aromatic nitrogens is 1. The Morgan fingerprint density at radius 1 is 1.14 bits per heavy atom. The Morgan fingerprint density at radius 2 is 1.90 bits per heavy atom. The number of amides is 1. The van der Waals surface area contributed by atoms with Gasteiger partial charge in [-0.25, -0.2) is 8.42 Å². The van der Waals surface area contributed by atoms with Crippen molar-refractivity contribution >= 4 is 33.2 Å². The molecule has 0 aliphatic carbocycles. The van der Waals surface area contributed by atoms with Crippen molar-refractivity contribution in [3.8, 4) is 5.75 Å². The summed E-state index contributed by atoms with van der Waals surface area (Å²) in [5, 5.41) is 2.73. The molecule has 29 heavy (non-hydrogen) atoms. The second-order valence-corrected chi connectivity index (χ2v) is 8.08. The van der Waals surface area contributed by atoms with Crippen LogP contribution in [0.15, 0.2) is 71.9 Å². The van der Waals surface area contributed by atoms with Crippen LogP contribution in [0.4, 0.5) is 5.69 Å². The molecule has 1 aromatic heterocycles. The number of benzene rings is 2. The summed E-state index contributed by atoms with van der Waals surface area (Å²) in [7, 11) is -2.48. The average Bonchev–Trinajstić information content (AvgIpc) is 2.73. The van der Waals surface area contributed by atoms with Crippen LogP contribution in [0, 0.1) is 0 Å². The van der Waals surface area contributed by atoms with Crippen LogP contribution in [0.3, 0.4) is 0 Å². The van der Waals surface area contributed by atoms with E-state index >= 15 is 0 Å². The summed E-state index contributed by atoms with van der Waals surface area (Å²) >= 11 is 6.09. The number of pyridine rings is 1. The SMILES string of the molecule is COc1ccc(NS(=O)(=O)c2cc(C(=O)NCc3cccnc3)ccc2Cl)cc1. The van der Waals surface area contributed by atoms with E-state index in [0.717, 1.165) is 5.56 Å². The van der Waals surface area contributed by atoms with E-state index < -0.39 is 15.9 Å². The zero-order chi connectivity index (χ0) is 20.9. The van der Waals surface area contributed by atoms with E-state index in [9.17, 15) is 13.2 Å². The zero-order valence-corrected chi connectivity index (χ0v) is 17.0. The summed E-state index contributed by atoms with van der Waals surface area (Å²) < 4.78 is 33.0. The van der Waals surface area contributed by atoms with Gasteiger partial charge >= 0.3 is 0 Å². The fourth-order valence-corrected chi connectivity index (χ4v) is 4.09. The van der Waals surface area contributed by atoms with E-state index in [-0.39, 0.29) is 22.0 Å². The molecule has 0 saturated carbocycles. The van der Waals surface area contributed by atoms with Crippen LogP contribution >= 0.6 is 11.6 Å². The highest BCUT2D eigenvalue weighted by molar-refractivity contribution is 7.92. The fourth-order valence-electron chi connectivity index (χ4n) is 2.51. The molecule has 0 saturated heterocycles. The molecule has 0 aliphatic heterocycles. The number of carbonyl (C=O) groups excluding carboxylic acids is 1. The van der Waals surface area contributed by atoms with Crippen LogP contribution in [-0.2, 0) is 16.6 Å². The van der Waals surface area contributed by atoms with Crippen molar-refractivity contribution in [3.63, 3.8) is 0 Å². The van der Waals surface area contributed by atoms with E-state index in [4.69, 9.17) is 16.3 Å². The molecule has 3 aromatic rings.